The van der Waals surface area contributed by atoms with Gasteiger partial charge in [0.25, 0.3) is 0 Å². The third-order valence-electron chi connectivity index (χ3n) is 1.52. The Morgan fingerprint density at radius 2 is 2.36 bits per heavy atom. The maximum Gasteiger partial charge on any atom is 0.212 e. The molecule has 0 radical (unpaired) electrons. The average molecular weight is 157 g/mol. The molecular weight excluding hydrogens is 142 g/mol. The zero-order valence-corrected chi connectivity index (χ0v) is 6.96. The van der Waals surface area contributed by atoms with Crippen LogP contribution in [0.4, 0.5) is 0 Å². The predicted molar refractivity (Wildman–Crippen MR) is 45.9 cm³/mol. The highest BCUT2D eigenvalue weighted by atomic mass is 16.3. The first-order valence-electron chi connectivity index (χ1n) is 3.57. The van der Waals surface area contributed by atoms with Crippen LogP contribution in [0.2, 0.25) is 0 Å². The smallest absolute Gasteiger partial charge is 0.212 e. The minimum absolute atomic E-state index is 0.225. The molecule has 0 aliphatic heterocycles. The first-order valence-corrected chi connectivity index (χ1v) is 3.57. The normalized spacial score (nSPS) is 16.6. The molecular formula is C7H15N3O. The number of nitrogens with one attached hydrogen (secondary N) is 1. The number of rotatable bonds is 3. The third kappa shape index (κ3) is 5.54. The Balaban J connectivity index is 3.78. The topological polar surface area (TPSA) is 82.5 Å². The van der Waals surface area contributed by atoms with Crippen molar-refractivity contribution in [3.05, 3.63) is 0 Å². The van der Waals surface area contributed by atoms with Crippen LogP contribution >= 0.6 is 0 Å². The van der Waals surface area contributed by atoms with Crippen LogP contribution in [0.5, 0.6) is 0 Å². The summed E-state index contributed by atoms with van der Waals surface area (Å²) in [6.07, 6.45) is 2.56. The molecule has 0 bridgehead atoms. The second-order valence-corrected chi connectivity index (χ2v) is 2.75. The van der Waals surface area contributed by atoms with Crippen molar-refractivity contribution in [2.24, 2.45) is 10.7 Å². The van der Waals surface area contributed by atoms with Crippen molar-refractivity contribution < 1.29 is 5.11 Å². The van der Waals surface area contributed by atoms with Crippen molar-refractivity contribution in [1.82, 2.24) is 0 Å². The molecule has 0 heterocycles. The van der Waals surface area contributed by atoms with E-state index < -0.39 is 5.60 Å². The Kier molecular flexibility index (Phi) is 3.74. The number of hydrogen-bond donors (Lipinski definition) is 3. The van der Waals surface area contributed by atoms with E-state index in [1.807, 2.05) is 6.92 Å². The molecule has 0 aliphatic carbocycles. The van der Waals surface area contributed by atoms with Crippen molar-refractivity contribution in [3.63, 3.8) is 0 Å². The van der Waals surface area contributed by atoms with Gasteiger partial charge >= 0.3 is 0 Å². The molecule has 4 heteroatoms. The van der Waals surface area contributed by atoms with Crippen molar-refractivity contribution in [1.29, 1.82) is 5.41 Å². The van der Waals surface area contributed by atoms with Gasteiger partial charge in [-0.05, 0) is 13.3 Å². The van der Waals surface area contributed by atoms with Gasteiger partial charge < -0.3 is 10.8 Å². The molecule has 0 saturated carbocycles. The Hall–Kier alpha value is -0.900. The van der Waals surface area contributed by atoms with Gasteiger partial charge in [0.1, 0.15) is 0 Å². The van der Waals surface area contributed by atoms with Gasteiger partial charge in [0, 0.05) is 12.6 Å². The van der Waals surface area contributed by atoms with Gasteiger partial charge in [-0.1, -0.05) is 6.92 Å². The second-order valence-electron chi connectivity index (χ2n) is 2.75. The van der Waals surface area contributed by atoms with Crippen LogP contribution in [0, 0.1) is 5.41 Å². The predicted octanol–water partition coefficient (Wildman–Crippen LogP) is 0.502. The molecule has 0 aromatic carbocycles. The zero-order valence-electron chi connectivity index (χ0n) is 6.96. The standard InChI is InChI=1S/C7H15N3O/c1-3-7(2,11)4-5-10-6(8)9/h5,11H,3-4H2,1-2H3,(H3,8,9). The maximum absolute atomic E-state index is 9.43. The molecule has 0 aromatic heterocycles. The Labute approximate surface area is 66.6 Å². The van der Waals surface area contributed by atoms with Gasteiger partial charge in [-0.15, -0.1) is 0 Å². The lowest BCUT2D eigenvalue weighted by molar-refractivity contribution is 0.0649. The highest BCUT2D eigenvalue weighted by Gasteiger charge is 2.14. The van der Waals surface area contributed by atoms with E-state index in [2.05, 4.69) is 4.99 Å². The van der Waals surface area contributed by atoms with Gasteiger partial charge in [0.05, 0.1) is 5.60 Å². The lowest BCUT2D eigenvalue weighted by Crippen LogP contribution is -2.23. The van der Waals surface area contributed by atoms with Crippen LogP contribution in [-0.4, -0.2) is 22.9 Å². The van der Waals surface area contributed by atoms with Gasteiger partial charge in [0.2, 0.25) is 5.96 Å². The molecule has 1 atom stereocenters. The fraction of sp³-hybridized carbons (Fsp3) is 0.714. The summed E-state index contributed by atoms with van der Waals surface area (Å²) in [5, 5.41) is 16.2. The minimum Gasteiger partial charge on any atom is -0.390 e. The van der Waals surface area contributed by atoms with E-state index in [0.717, 1.165) is 0 Å². The number of guanidine groups is 1. The highest BCUT2D eigenvalue weighted by molar-refractivity contribution is 5.84. The van der Waals surface area contributed by atoms with E-state index in [1.54, 1.807) is 6.92 Å². The summed E-state index contributed by atoms with van der Waals surface area (Å²) in [7, 11) is 0. The highest BCUT2D eigenvalue weighted by Crippen LogP contribution is 2.10. The van der Waals surface area contributed by atoms with Crippen molar-refractivity contribution in [2.75, 3.05) is 0 Å². The third-order valence-corrected chi connectivity index (χ3v) is 1.52. The molecule has 4 nitrogen and oxygen atoms in total. The maximum atomic E-state index is 9.43. The summed E-state index contributed by atoms with van der Waals surface area (Å²) in [5.41, 5.74) is 4.24. The van der Waals surface area contributed by atoms with Gasteiger partial charge in [-0.2, -0.15) is 0 Å². The van der Waals surface area contributed by atoms with Crippen molar-refractivity contribution in [2.45, 2.75) is 32.3 Å². The van der Waals surface area contributed by atoms with Crippen LogP contribution in [0.3, 0.4) is 0 Å². The molecule has 0 aromatic rings. The lowest BCUT2D eigenvalue weighted by atomic mass is 10.0. The molecule has 0 fully saturated rings. The molecule has 0 rings (SSSR count). The summed E-state index contributed by atoms with van der Waals surface area (Å²) in [4.78, 5) is 3.53. The monoisotopic (exact) mass is 157 g/mol. The fourth-order valence-electron chi connectivity index (χ4n) is 0.485. The summed E-state index contributed by atoms with van der Waals surface area (Å²) >= 11 is 0. The molecule has 1 unspecified atom stereocenters. The van der Waals surface area contributed by atoms with Gasteiger partial charge in [0.15, 0.2) is 0 Å². The van der Waals surface area contributed by atoms with E-state index in [9.17, 15) is 5.11 Å². The van der Waals surface area contributed by atoms with E-state index in [0.29, 0.717) is 12.8 Å². The number of nitrogens with two attached hydrogens (primary N) is 1. The van der Waals surface area contributed by atoms with Gasteiger partial charge in [-0.3, -0.25) is 5.41 Å². The van der Waals surface area contributed by atoms with Crippen molar-refractivity contribution in [3.8, 4) is 0 Å². The molecule has 64 valence electrons. The Morgan fingerprint density at radius 3 is 2.73 bits per heavy atom. The van der Waals surface area contributed by atoms with Crippen LogP contribution in [-0.2, 0) is 0 Å². The fourth-order valence-corrected chi connectivity index (χ4v) is 0.485. The van der Waals surface area contributed by atoms with Crippen LogP contribution in [0.1, 0.15) is 26.7 Å². The molecule has 0 spiro atoms. The Bertz CT molecular complexity index is 163. The first kappa shape index (κ1) is 10.1. The largest absolute Gasteiger partial charge is 0.390 e. The van der Waals surface area contributed by atoms with Crippen LogP contribution in [0.15, 0.2) is 4.99 Å². The quantitative estimate of drug-likeness (QED) is 0.412. The van der Waals surface area contributed by atoms with E-state index in [-0.39, 0.29) is 5.96 Å². The first-order chi connectivity index (χ1) is 4.98. The number of aliphatic hydroxyl groups is 1. The molecule has 0 saturated heterocycles. The second kappa shape index (κ2) is 4.08. The van der Waals surface area contributed by atoms with Crippen LogP contribution in [0.25, 0.3) is 0 Å². The molecule has 11 heavy (non-hydrogen) atoms. The summed E-state index contributed by atoms with van der Waals surface area (Å²) in [6.45, 7) is 3.61. The summed E-state index contributed by atoms with van der Waals surface area (Å²) in [6, 6.07) is 0. The zero-order chi connectivity index (χ0) is 8.91. The minimum atomic E-state index is -0.723. The number of aliphatic imine (C=N–C) groups is 1. The van der Waals surface area contributed by atoms with E-state index >= 15 is 0 Å². The van der Waals surface area contributed by atoms with E-state index in [4.69, 9.17) is 11.1 Å². The van der Waals surface area contributed by atoms with E-state index in [1.165, 1.54) is 6.21 Å². The van der Waals surface area contributed by atoms with Crippen molar-refractivity contribution >= 4 is 12.2 Å². The van der Waals surface area contributed by atoms with Gasteiger partial charge in [-0.25, -0.2) is 4.99 Å². The average Bonchev–Trinajstić information content (AvgIpc) is 1.87. The van der Waals surface area contributed by atoms with Crippen LogP contribution < -0.4 is 5.73 Å². The molecule has 0 aliphatic rings. The Morgan fingerprint density at radius 1 is 1.82 bits per heavy atom. The summed E-state index contributed by atoms with van der Waals surface area (Å²) in [5.74, 6) is -0.225. The number of nitrogens with zero attached hydrogens (tertiary/aromatic N) is 1. The lowest BCUT2D eigenvalue weighted by Gasteiger charge is -2.17. The number of hydrogen-bond acceptors (Lipinski definition) is 2. The molecule has 0 amide bonds. The molecule has 4 N–H and O–H groups in total. The SMILES string of the molecule is CCC(C)(O)CC=NC(=N)N. The summed E-state index contributed by atoms with van der Waals surface area (Å²) < 4.78 is 0.